The minimum atomic E-state index is -0.678. The highest BCUT2D eigenvalue weighted by Crippen LogP contribution is 2.28. The summed E-state index contributed by atoms with van der Waals surface area (Å²) in [6, 6.07) is 10.9. The Kier molecular flexibility index (Phi) is 3.86. The van der Waals surface area contributed by atoms with Gasteiger partial charge in [-0.05, 0) is 43.2 Å². The standard InChI is InChI=1S/C18H17FN2O2/c1-11-6-5-8-14(12(11)2)20-15-10-17(22)21(18(15)23)16-9-4-3-7-13(16)19/h3-9,15,20H,10H2,1-2H3/t15-/m1/s1. The number of imide groups is 1. The van der Waals surface area contributed by atoms with Gasteiger partial charge in [-0.25, -0.2) is 9.29 Å². The first-order chi connectivity index (χ1) is 11.0. The summed E-state index contributed by atoms with van der Waals surface area (Å²) in [5, 5.41) is 3.11. The Morgan fingerprint density at radius 3 is 2.57 bits per heavy atom. The van der Waals surface area contributed by atoms with Crippen LogP contribution >= 0.6 is 0 Å². The van der Waals surface area contributed by atoms with E-state index < -0.39 is 23.7 Å². The molecular weight excluding hydrogens is 295 g/mol. The number of anilines is 2. The summed E-state index contributed by atoms with van der Waals surface area (Å²) in [5.74, 6) is -1.41. The zero-order valence-corrected chi connectivity index (χ0v) is 13.0. The smallest absolute Gasteiger partial charge is 0.256 e. The van der Waals surface area contributed by atoms with Gasteiger partial charge >= 0.3 is 0 Å². The molecule has 1 atom stereocenters. The summed E-state index contributed by atoms with van der Waals surface area (Å²) in [6.45, 7) is 3.93. The Morgan fingerprint density at radius 1 is 1.09 bits per heavy atom. The Bertz CT molecular complexity index is 788. The monoisotopic (exact) mass is 312 g/mol. The second kappa shape index (κ2) is 5.83. The molecule has 0 saturated carbocycles. The van der Waals surface area contributed by atoms with Crippen LogP contribution in [0.5, 0.6) is 0 Å². The molecule has 1 aliphatic rings. The number of para-hydroxylation sites is 1. The van der Waals surface area contributed by atoms with E-state index in [1.165, 1.54) is 18.2 Å². The highest BCUT2D eigenvalue weighted by atomic mass is 19.1. The molecule has 0 aromatic heterocycles. The van der Waals surface area contributed by atoms with Gasteiger partial charge in [0, 0.05) is 5.69 Å². The number of amides is 2. The Labute approximate surface area is 133 Å². The molecule has 5 heteroatoms. The summed E-state index contributed by atoms with van der Waals surface area (Å²) in [5.41, 5.74) is 2.94. The van der Waals surface area contributed by atoms with Crippen LogP contribution in [0.4, 0.5) is 15.8 Å². The van der Waals surface area contributed by atoms with Crippen LogP contribution in [0, 0.1) is 19.7 Å². The SMILES string of the molecule is Cc1cccc(N[C@@H]2CC(=O)N(c3ccccc3F)C2=O)c1C. The molecule has 0 unspecified atom stereocenters. The van der Waals surface area contributed by atoms with Crippen LogP contribution in [0.3, 0.4) is 0 Å². The second-order valence-electron chi connectivity index (χ2n) is 5.67. The maximum absolute atomic E-state index is 13.9. The first kappa shape index (κ1) is 15.2. The largest absolute Gasteiger partial charge is 0.373 e. The van der Waals surface area contributed by atoms with Crippen LogP contribution < -0.4 is 10.2 Å². The molecule has 1 N–H and O–H groups in total. The normalized spacial score (nSPS) is 17.7. The Balaban J connectivity index is 1.87. The second-order valence-corrected chi connectivity index (χ2v) is 5.67. The van der Waals surface area contributed by atoms with Crippen molar-refractivity contribution in [3.63, 3.8) is 0 Å². The maximum atomic E-state index is 13.9. The summed E-state index contributed by atoms with van der Waals surface area (Å²) in [4.78, 5) is 25.7. The van der Waals surface area contributed by atoms with Crippen LogP contribution in [0.25, 0.3) is 0 Å². The number of carbonyl (C=O) groups excluding carboxylic acids is 2. The third kappa shape index (κ3) is 2.70. The van der Waals surface area contributed by atoms with E-state index in [1.54, 1.807) is 6.07 Å². The molecule has 0 radical (unpaired) electrons. The zero-order chi connectivity index (χ0) is 16.6. The Morgan fingerprint density at radius 2 is 1.83 bits per heavy atom. The van der Waals surface area contributed by atoms with Gasteiger partial charge in [0.15, 0.2) is 0 Å². The zero-order valence-electron chi connectivity index (χ0n) is 13.0. The van der Waals surface area contributed by atoms with Crippen LogP contribution in [0.2, 0.25) is 0 Å². The minimum absolute atomic E-state index is 0.00719. The van der Waals surface area contributed by atoms with Crippen molar-refractivity contribution in [2.24, 2.45) is 0 Å². The predicted octanol–water partition coefficient (Wildman–Crippen LogP) is 3.19. The molecule has 0 spiro atoms. The Hall–Kier alpha value is -2.69. The van der Waals surface area contributed by atoms with Gasteiger partial charge in [0.1, 0.15) is 11.9 Å². The van der Waals surface area contributed by atoms with E-state index >= 15 is 0 Å². The summed E-state index contributed by atoms with van der Waals surface area (Å²) in [7, 11) is 0. The van der Waals surface area contributed by atoms with Crippen molar-refractivity contribution in [2.45, 2.75) is 26.3 Å². The average Bonchev–Trinajstić information content (AvgIpc) is 2.79. The highest BCUT2D eigenvalue weighted by molar-refractivity contribution is 6.23. The molecule has 0 bridgehead atoms. The number of carbonyl (C=O) groups is 2. The lowest BCUT2D eigenvalue weighted by Gasteiger charge is -2.18. The lowest BCUT2D eigenvalue weighted by atomic mass is 10.1. The first-order valence-electron chi connectivity index (χ1n) is 7.43. The van der Waals surface area contributed by atoms with Crippen molar-refractivity contribution in [3.8, 4) is 0 Å². The molecule has 1 fully saturated rings. The molecule has 2 aromatic rings. The number of rotatable bonds is 3. The summed E-state index contributed by atoms with van der Waals surface area (Å²) in [6.07, 6.45) is 0.0144. The number of hydrogen-bond donors (Lipinski definition) is 1. The van der Waals surface area contributed by atoms with Crippen LogP contribution in [0.15, 0.2) is 42.5 Å². The van der Waals surface area contributed by atoms with Gasteiger partial charge in [-0.2, -0.15) is 0 Å². The van der Waals surface area contributed by atoms with Gasteiger partial charge in [-0.3, -0.25) is 9.59 Å². The van der Waals surface area contributed by atoms with E-state index in [9.17, 15) is 14.0 Å². The van der Waals surface area contributed by atoms with Crippen molar-refractivity contribution in [1.82, 2.24) is 0 Å². The van der Waals surface area contributed by atoms with E-state index in [0.717, 1.165) is 21.7 Å². The van der Waals surface area contributed by atoms with E-state index in [4.69, 9.17) is 0 Å². The third-order valence-corrected chi connectivity index (χ3v) is 4.17. The van der Waals surface area contributed by atoms with Crippen molar-refractivity contribution < 1.29 is 14.0 Å². The van der Waals surface area contributed by atoms with Crippen molar-refractivity contribution in [3.05, 3.63) is 59.4 Å². The lowest BCUT2D eigenvalue weighted by Crippen LogP contribution is -2.35. The molecule has 1 heterocycles. The lowest BCUT2D eigenvalue weighted by molar-refractivity contribution is -0.121. The molecule has 1 aliphatic heterocycles. The van der Waals surface area contributed by atoms with Crippen molar-refractivity contribution >= 4 is 23.2 Å². The number of aryl methyl sites for hydroxylation is 1. The van der Waals surface area contributed by atoms with Gasteiger partial charge in [0.05, 0.1) is 12.1 Å². The van der Waals surface area contributed by atoms with Gasteiger partial charge in [0.2, 0.25) is 5.91 Å². The molecule has 23 heavy (non-hydrogen) atoms. The minimum Gasteiger partial charge on any atom is -0.373 e. The number of halogens is 1. The van der Waals surface area contributed by atoms with Crippen molar-refractivity contribution in [1.29, 1.82) is 0 Å². The van der Waals surface area contributed by atoms with Gasteiger partial charge < -0.3 is 5.32 Å². The van der Waals surface area contributed by atoms with Gasteiger partial charge in [0.25, 0.3) is 5.91 Å². The molecule has 1 saturated heterocycles. The van der Waals surface area contributed by atoms with E-state index in [1.807, 2.05) is 32.0 Å². The topological polar surface area (TPSA) is 49.4 Å². The van der Waals surface area contributed by atoms with Crippen LogP contribution in [-0.2, 0) is 9.59 Å². The van der Waals surface area contributed by atoms with E-state index in [0.29, 0.717) is 0 Å². The fourth-order valence-electron chi connectivity index (χ4n) is 2.73. The first-order valence-corrected chi connectivity index (χ1v) is 7.43. The number of benzene rings is 2. The molecule has 2 amide bonds. The fourth-order valence-corrected chi connectivity index (χ4v) is 2.73. The van der Waals surface area contributed by atoms with E-state index in [2.05, 4.69) is 5.32 Å². The van der Waals surface area contributed by atoms with Crippen LogP contribution in [0.1, 0.15) is 17.5 Å². The quantitative estimate of drug-likeness (QED) is 0.886. The maximum Gasteiger partial charge on any atom is 0.256 e. The molecule has 4 nitrogen and oxygen atoms in total. The molecule has 2 aromatic carbocycles. The van der Waals surface area contributed by atoms with Gasteiger partial charge in [-0.15, -0.1) is 0 Å². The average molecular weight is 312 g/mol. The molecule has 0 aliphatic carbocycles. The summed E-state index contributed by atoms with van der Waals surface area (Å²) >= 11 is 0. The fraction of sp³-hybridized carbons (Fsp3) is 0.222. The third-order valence-electron chi connectivity index (χ3n) is 4.17. The van der Waals surface area contributed by atoms with Crippen molar-refractivity contribution in [2.75, 3.05) is 10.2 Å². The molecular formula is C18H17FN2O2. The summed E-state index contributed by atoms with van der Waals surface area (Å²) < 4.78 is 13.9. The predicted molar refractivity (Wildman–Crippen MR) is 86.8 cm³/mol. The number of nitrogens with zero attached hydrogens (tertiary/aromatic N) is 1. The molecule has 3 rings (SSSR count). The van der Waals surface area contributed by atoms with Crippen LogP contribution in [-0.4, -0.2) is 17.9 Å². The van der Waals surface area contributed by atoms with E-state index in [-0.39, 0.29) is 12.1 Å². The van der Waals surface area contributed by atoms with Gasteiger partial charge in [-0.1, -0.05) is 24.3 Å². The molecule has 118 valence electrons. The number of nitrogens with one attached hydrogen (secondary N) is 1. The number of hydrogen-bond acceptors (Lipinski definition) is 3. The highest BCUT2D eigenvalue weighted by Gasteiger charge is 2.40.